The molecule has 94 valence electrons. The molecule has 1 N–H and O–H groups in total. The molecule has 0 unspecified atom stereocenters. The van der Waals surface area contributed by atoms with Crippen molar-refractivity contribution in [1.29, 1.82) is 0 Å². The number of sulfonamides is 1. The smallest absolute Gasteiger partial charge is 0.219 e. The zero-order valence-corrected chi connectivity index (χ0v) is 11.2. The molecule has 1 rings (SSSR count). The molecule has 0 fully saturated rings. The molecule has 1 aromatic carbocycles. The Morgan fingerprint density at radius 3 is 2.53 bits per heavy atom. The second-order valence-electron chi connectivity index (χ2n) is 3.52. The minimum atomic E-state index is -3.12. The third kappa shape index (κ3) is 6.45. The first-order valence-electron chi connectivity index (χ1n) is 5.16. The molecule has 1 aromatic rings. The van der Waals surface area contributed by atoms with Crippen molar-refractivity contribution in [1.82, 2.24) is 4.72 Å². The van der Waals surface area contributed by atoms with Gasteiger partial charge in [0.25, 0.3) is 0 Å². The zero-order chi connectivity index (χ0) is 12.7. The molecule has 0 spiro atoms. The van der Waals surface area contributed by atoms with Gasteiger partial charge in [-0.15, -0.1) is 0 Å². The summed E-state index contributed by atoms with van der Waals surface area (Å²) < 4.78 is 23.9. The summed E-state index contributed by atoms with van der Waals surface area (Å²) in [5.41, 5.74) is 0.675. The highest BCUT2D eigenvalue weighted by molar-refractivity contribution is 8.14. The molecule has 0 saturated carbocycles. The lowest BCUT2D eigenvalue weighted by atomic mass is 10.2. The molecule has 0 heterocycles. The summed E-state index contributed by atoms with van der Waals surface area (Å²) in [6, 6.07) is 9.03. The summed E-state index contributed by atoms with van der Waals surface area (Å²) in [5.74, 6) is 0.607. The number of hydrogen-bond acceptors (Lipinski definition) is 4. The Labute approximate surface area is 106 Å². The molecular weight excluding hydrogens is 258 g/mol. The Bertz CT molecular complexity index is 457. The predicted octanol–water partition coefficient (Wildman–Crippen LogP) is 1.50. The van der Waals surface area contributed by atoms with Gasteiger partial charge in [0, 0.05) is 17.9 Å². The second-order valence-corrected chi connectivity index (χ2v) is 6.42. The lowest BCUT2D eigenvalue weighted by molar-refractivity contribution is 0.108. The first kappa shape index (κ1) is 14.2. The summed E-state index contributed by atoms with van der Waals surface area (Å²) in [7, 11) is -3.12. The van der Waals surface area contributed by atoms with E-state index in [2.05, 4.69) is 4.72 Å². The largest absolute Gasteiger partial charge is 0.282 e. The van der Waals surface area contributed by atoms with Crippen LogP contribution in [0.1, 0.15) is 16.8 Å². The van der Waals surface area contributed by atoms with Crippen LogP contribution in [0, 0.1) is 0 Å². The zero-order valence-electron chi connectivity index (χ0n) is 9.55. The number of thioether (sulfide) groups is 1. The Kier molecular flexibility index (Phi) is 5.67. The number of hydrogen-bond donors (Lipinski definition) is 1. The van der Waals surface area contributed by atoms with Gasteiger partial charge in [-0.3, -0.25) is 4.79 Å². The molecule has 0 radical (unpaired) electrons. The third-order valence-electron chi connectivity index (χ3n) is 1.93. The topological polar surface area (TPSA) is 63.2 Å². The van der Waals surface area contributed by atoms with E-state index < -0.39 is 10.0 Å². The highest BCUT2D eigenvalue weighted by atomic mass is 32.2. The van der Waals surface area contributed by atoms with E-state index >= 15 is 0 Å². The fraction of sp³-hybridized carbons (Fsp3) is 0.364. The minimum Gasteiger partial charge on any atom is -0.282 e. The fourth-order valence-electron chi connectivity index (χ4n) is 1.15. The van der Waals surface area contributed by atoms with Gasteiger partial charge in [0.15, 0.2) is 0 Å². The minimum absolute atomic E-state index is 0.0185. The highest BCUT2D eigenvalue weighted by Crippen LogP contribution is 2.12. The predicted molar refractivity (Wildman–Crippen MR) is 70.7 cm³/mol. The lowest BCUT2D eigenvalue weighted by Gasteiger charge is -2.02. The van der Waals surface area contributed by atoms with E-state index in [9.17, 15) is 13.2 Å². The average molecular weight is 273 g/mol. The average Bonchev–Trinajstić information content (AvgIpc) is 2.28. The van der Waals surface area contributed by atoms with Crippen LogP contribution in [0.3, 0.4) is 0 Å². The normalized spacial score (nSPS) is 11.4. The van der Waals surface area contributed by atoms with Crippen LogP contribution in [-0.4, -0.2) is 32.1 Å². The molecule has 0 aliphatic carbocycles. The van der Waals surface area contributed by atoms with Gasteiger partial charge < -0.3 is 0 Å². The van der Waals surface area contributed by atoms with Crippen molar-refractivity contribution in [2.45, 2.75) is 6.42 Å². The molecule has 0 bridgehead atoms. The molecule has 0 aliphatic rings. The van der Waals surface area contributed by atoms with Gasteiger partial charge in [0.2, 0.25) is 15.1 Å². The maximum Gasteiger partial charge on any atom is 0.219 e. The van der Waals surface area contributed by atoms with E-state index in [0.29, 0.717) is 24.3 Å². The van der Waals surface area contributed by atoms with Crippen molar-refractivity contribution >= 4 is 26.9 Å². The number of carbonyl (C=O) groups is 1. The van der Waals surface area contributed by atoms with E-state index in [4.69, 9.17) is 0 Å². The van der Waals surface area contributed by atoms with Gasteiger partial charge in [-0.2, -0.15) is 0 Å². The van der Waals surface area contributed by atoms with E-state index in [1.807, 2.05) is 18.2 Å². The van der Waals surface area contributed by atoms with Crippen molar-refractivity contribution in [3.63, 3.8) is 0 Å². The van der Waals surface area contributed by atoms with Crippen LogP contribution in [0.15, 0.2) is 30.3 Å². The molecule has 0 aromatic heterocycles. The maximum atomic E-state index is 11.6. The van der Waals surface area contributed by atoms with E-state index in [0.717, 1.165) is 6.26 Å². The molecule has 6 heteroatoms. The summed E-state index contributed by atoms with van der Waals surface area (Å²) in [4.78, 5) is 11.6. The number of carbonyl (C=O) groups excluding carboxylic acids is 1. The standard InChI is InChI=1S/C11H15NO3S2/c1-17(14,15)12-8-5-9-16-11(13)10-6-3-2-4-7-10/h2-4,6-7,12H,5,8-9H2,1H3. The summed E-state index contributed by atoms with van der Waals surface area (Å²) in [5, 5.41) is 0.0185. The first-order valence-corrected chi connectivity index (χ1v) is 8.03. The third-order valence-corrected chi connectivity index (χ3v) is 3.65. The van der Waals surface area contributed by atoms with Gasteiger partial charge in [-0.1, -0.05) is 42.1 Å². The first-order chi connectivity index (χ1) is 7.99. The van der Waals surface area contributed by atoms with Crippen molar-refractivity contribution in [3.05, 3.63) is 35.9 Å². The fourth-order valence-corrected chi connectivity index (χ4v) is 2.44. The van der Waals surface area contributed by atoms with Crippen LogP contribution >= 0.6 is 11.8 Å². The summed E-state index contributed by atoms with van der Waals surface area (Å²) in [6.07, 6.45) is 1.76. The Morgan fingerprint density at radius 2 is 1.94 bits per heavy atom. The number of benzene rings is 1. The lowest BCUT2D eigenvalue weighted by Crippen LogP contribution is -2.23. The Morgan fingerprint density at radius 1 is 1.29 bits per heavy atom. The maximum absolute atomic E-state index is 11.6. The van der Waals surface area contributed by atoms with Gasteiger partial charge in [0.1, 0.15) is 0 Å². The van der Waals surface area contributed by atoms with E-state index in [1.165, 1.54) is 11.8 Å². The second kappa shape index (κ2) is 6.78. The molecular formula is C11H15NO3S2. The van der Waals surface area contributed by atoms with Crippen LogP contribution in [-0.2, 0) is 10.0 Å². The van der Waals surface area contributed by atoms with Crippen LogP contribution in [0.2, 0.25) is 0 Å². The van der Waals surface area contributed by atoms with Gasteiger partial charge in [0.05, 0.1) is 6.26 Å². The molecule has 0 amide bonds. The Hall–Kier alpha value is -0.850. The van der Waals surface area contributed by atoms with Crippen molar-refractivity contribution in [2.75, 3.05) is 18.6 Å². The molecule has 4 nitrogen and oxygen atoms in total. The summed E-state index contributed by atoms with van der Waals surface area (Å²) >= 11 is 1.21. The van der Waals surface area contributed by atoms with Crippen LogP contribution in [0.25, 0.3) is 0 Å². The highest BCUT2D eigenvalue weighted by Gasteiger charge is 2.05. The van der Waals surface area contributed by atoms with Gasteiger partial charge in [-0.25, -0.2) is 13.1 Å². The Balaban J connectivity index is 2.22. The van der Waals surface area contributed by atoms with Gasteiger partial charge >= 0.3 is 0 Å². The van der Waals surface area contributed by atoms with Crippen LogP contribution < -0.4 is 4.72 Å². The number of rotatable bonds is 6. The molecule has 0 aliphatic heterocycles. The van der Waals surface area contributed by atoms with E-state index in [-0.39, 0.29) is 5.12 Å². The van der Waals surface area contributed by atoms with Crippen LogP contribution in [0.5, 0.6) is 0 Å². The molecule has 0 atom stereocenters. The molecule has 0 saturated heterocycles. The van der Waals surface area contributed by atoms with Gasteiger partial charge in [-0.05, 0) is 6.42 Å². The monoisotopic (exact) mass is 273 g/mol. The van der Waals surface area contributed by atoms with Crippen molar-refractivity contribution < 1.29 is 13.2 Å². The van der Waals surface area contributed by atoms with E-state index in [1.54, 1.807) is 12.1 Å². The quantitative estimate of drug-likeness (QED) is 0.798. The molecule has 17 heavy (non-hydrogen) atoms. The van der Waals surface area contributed by atoms with Crippen molar-refractivity contribution in [2.24, 2.45) is 0 Å². The van der Waals surface area contributed by atoms with Crippen molar-refractivity contribution in [3.8, 4) is 0 Å². The SMILES string of the molecule is CS(=O)(=O)NCCCSC(=O)c1ccccc1. The number of nitrogens with one attached hydrogen (secondary N) is 1. The summed E-state index contributed by atoms with van der Waals surface area (Å²) in [6.45, 7) is 0.369. The van der Waals surface area contributed by atoms with Crippen LogP contribution in [0.4, 0.5) is 0 Å².